The van der Waals surface area contributed by atoms with E-state index < -0.39 is 23.6 Å². The summed E-state index contributed by atoms with van der Waals surface area (Å²) in [5, 5.41) is 0. The number of benzene rings is 1. The molecular formula is C8H4BrF3O. The largest absolute Gasteiger partial charge is 0.327 e. The third-order valence-electron chi connectivity index (χ3n) is 1.45. The van der Waals surface area contributed by atoms with Crippen molar-refractivity contribution in [1.82, 2.24) is 0 Å². The van der Waals surface area contributed by atoms with Crippen molar-refractivity contribution in [1.29, 1.82) is 0 Å². The Morgan fingerprint density at radius 1 is 1.38 bits per heavy atom. The van der Waals surface area contributed by atoms with Crippen LogP contribution in [0.15, 0.2) is 22.7 Å². The molecule has 0 bridgehead atoms. The first kappa shape index (κ1) is 10.2. The number of carbonyl (C=O) groups excluding carboxylic acids is 1. The van der Waals surface area contributed by atoms with Gasteiger partial charge in [0.15, 0.2) is 6.29 Å². The van der Waals surface area contributed by atoms with Crippen LogP contribution in [0, 0.1) is 5.82 Å². The molecule has 13 heavy (non-hydrogen) atoms. The Kier molecular flexibility index (Phi) is 2.75. The van der Waals surface area contributed by atoms with Gasteiger partial charge in [0, 0.05) is 5.56 Å². The number of hydrogen-bond donors (Lipinski definition) is 0. The molecule has 1 aromatic rings. The summed E-state index contributed by atoms with van der Waals surface area (Å²) in [4.78, 5) is 9.96. The van der Waals surface area contributed by atoms with Crippen LogP contribution in [0.1, 0.15) is 5.56 Å². The molecule has 0 heterocycles. The highest BCUT2D eigenvalue weighted by molar-refractivity contribution is 9.10. The summed E-state index contributed by atoms with van der Waals surface area (Å²) in [6.07, 6.45) is -0.479. The Bertz CT molecular complexity index is 338. The molecule has 0 amide bonds. The highest BCUT2D eigenvalue weighted by atomic mass is 79.9. The number of rotatable bonds is 2. The molecule has 1 rings (SSSR count). The van der Waals surface area contributed by atoms with Gasteiger partial charge in [-0.3, -0.25) is 4.79 Å². The number of halogens is 4. The molecule has 1 nitrogen and oxygen atoms in total. The number of hydrogen-bond acceptors (Lipinski definition) is 1. The van der Waals surface area contributed by atoms with E-state index >= 15 is 0 Å². The van der Waals surface area contributed by atoms with Crippen LogP contribution in [0.5, 0.6) is 0 Å². The van der Waals surface area contributed by atoms with Crippen LogP contribution in [-0.2, 0) is 10.7 Å². The fraction of sp³-hybridized carbons (Fsp3) is 0.125. The quantitative estimate of drug-likeness (QED) is 0.740. The van der Waals surface area contributed by atoms with E-state index in [-0.39, 0.29) is 4.47 Å². The smallest absolute Gasteiger partial charge is 0.296 e. The monoisotopic (exact) mass is 252 g/mol. The molecule has 0 spiro atoms. The molecule has 0 unspecified atom stereocenters. The summed E-state index contributed by atoms with van der Waals surface area (Å²) >= 11 is 2.74. The Balaban J connectivity index is 3.18. The molecule has 0 aliphatic rings. The van der Waals surface area contributed by atoms with Gasteiger partial charge in [-0.1, -0.05) is 0 Å². The average Bonchev–Trinajstić information content (AvgIpc) is 2.09. The van der Waals surface area contributed by atoms with Crippen LogP contribution in [-0.4, -0.2) is 6.29 Å². The van der Waals surface area contributed by atoms with Crippen LogP contribution >= 0.6 is 15.9 Å². The minimum Gasteiger partial charge on any atom is -0.296 e. The van der Waals surface area contributed by atoms with E-state index in [1.807, 2.05) is 0 Å². The lowest BCUT2D eigenvalue weighted by atomic mass is 10.1. The Morgan fingerprint density at radius 3 is 2.46 bits per heavy atom. The van der Waals surface area contributed by atoms with Crippen LogP contribution in [0.4, 0.5) is 13.2 Å². The first-order valence-corrected chi connectivity index (χ1v) is 4.06. The second-order valence-electron chi connectivity index (χ2n) is 2.37. The molecule has 0 atom stereocenters. The highest BCUT2D eigenvalue weighted by Gasteiger charge is 2.31. The molecule has 5 heteroatoms. The summed E-state index contributed by atoms with van der Waals surface area (Å²) in [6.45, 7) is 0. The molecule has 0 saturated carbocycles. The van der Waals surface area contributed by atoms with Gasteiger partial charge in [0.1, 0.15) is 5.82 Å². The topological polar surface area (TPSA) is 17.1 Å². The van der Waals surface area contributed by atoms with E-state index in [0.29, 0.717) is 0 Å². The fourth-order valence-corrected chi connectivity index (χ4v) is 1.15. The minimum absolute atomic E-state index is 0.0912. The minimum atomic E-state index is -3.56. The average molecular weight is 253 g/mol. The van der Waals surface area contributed by atoms with E-state index in [1.165, 1.54) is 0 Å². The number of alkyl halides is 2. The maximum absolute atomic E-state index is 12.7. The number of carbonyl (C=O) groups is 1. The zero-order chi connectivity index (χ0) is 10.1. The first-order valence-electron chi connectivity index (χ1n) is 3.27. The Hall–Kier alpha value is -0.840. The van der Waals surface area contributed by atoms with Gasteiger partial charge in [0.05, 0.1) is 4.47 Å². The Morgan fingerprint density at radius 2 is 2.00 bits per heavy atom. The summed E-state index contributed by atoms with van der Waals surface area (Å²) in [5.41, 5.74) is -0.532. The molecule has 0 N–H and O–H groups in total. The molecule has 0 fully saturated rings. The third kappa shape index (κ3) is 2.09. The standard InChI is InChI=1S/C8H4BrF3O/c9-6-3-5(1-2-7(6)10)8(11,12)4-13/h1-4H. The van der Waals surface area contributed by atoms with Crippen LogP contribution in [0.25, 0.3) is 0 Å². The van der Waals surface area contributed by atoms with E-state index in [9.17, 15) is 18.0 Å². The predicted molar refractivity (Wildman–Crippen MR) is 44.1 cm³/mol. The molecular weight excluding hydrogens is 249 g/mol. The Labute approximate surface area is 80.7 Å². The third-order valence-corrected chi connectivity index (χ3v) is 2.06. The maximum Gasteiger partial charge on any atom is 0.327 e. The molecule has 0 saturated heterocycles. The van der Waals surface area contributed by atoms with Crippen molar-refractivity contribution in [3.63, 3.8) is 0 Å². The van der Waals surface area contributed by atoms with E-state index in [1.54, 1.807) is 0 Å². The summed E-state index contributed by atoms with van der Waals surface area (Å²) < 4.78 is 37.9. The van der Waals surface area contributed by atoms with Crippen molar-refractivity contribution in [2.24, 2.45) is 0 Å². The zero-order valence-corrected chi connectivity index (χ0v) is 7.82. The zero-order valence-electron chi connectivity index (χ0n) is 6.23. The number of aldehydes is 1. The van der Waals surface area contributed by atoms with Crippen molar-refractivity contribution in [2.75, 3.05) is 0 Å². The summed E-state index contributed by atoms with van der Waals surface area (Å²) in [7, 11) is 0. The molecule has 1 aromatic carbocycles. The van der Waals surface area contributed by atoms with Crippen LogP contribution in [0.3, 0.4) is 0 Å². The lowest BCUT2D eigenvalue weighted by Gasteiger charge is -2.09. The first-order chi connectivity index (χ1) is 5.97. The van der Waals surface area contributed by atoms with E-state index in [2.05, 4.69) is 15.9 Å². The SMILES string of the molecule is O=CC(F)(F)c1ccc(F)c(Br)c1. The van der Waals surface area contributed by atoms with Gasteiger partial charge in [-0.05, 0) is 34.1 Å². The van der Waals surface area contributed by atoms with Crippen molar-refractivity contribution in [3.05, 3.63) is 34.1 Å². The molecule has 0 aliphatic heterocycles. The highest BCUT2D eigenvalue weighted by Crippen LogP contribution is 2.28. The second kappa shape index (κ2) is 3.49. The van der Waals surface area contributed by atoms with E-state index in [0.717, 1.165) is 18.2 Å². The lowest BCUT2D eigenvalue weighted by Crippen LogP contribution is -2.14. The van der Waals surface area contributed by atoms with Gasteiger partial charge in [0.25, 0.3) is 0 Å². The molecule has 0 aromatic heterocycles. The molecule has 0 radical (unpaired) electrons. The van der Waals surface area contributed by atoms with Crippen molar-refractivity contribution in [2.45, 2.75) is 5.92 Å². The maximum atomic E-state index is 12.7. The summed E-state index contributed by atoms with van der Waals surface area (Å²) in [5.74, 6) is -4.21. The molecule has 70 valence electrons. The lowest BCUT2D eigenvalue weighted by molar-refractivity contribution is -0.130. The van der Waals surface area contributed by atoms with Gasteiger partial charge in [-0.25, -0.2) is 4.39 Å². The van der Waals surface area contributed by atoms with Crippen molar-refractivity contribution < 1.29 is 18.0 Å². The predicted octanol–water partition coefficient (Wildman–Crippen LogP) is 2.88. The van der Waals surface area contributed by atoms with Crippen LogP contribution < -0.4 is 0 Å². The van der Waals surface area contributed by atoms with Gasteiger partial charge in [-0.2, -0.15) is 8.78 Å². The van der Waals surface area contributed by atoms with Gasteiger partial charge in [0.2, 0.25) is 0 Å². The van der Waals surface area contributed by atoms with Gasteiger partial charge < -0.3 is 0 Å². The summed E-state index contributed by atoms with van der Waals surface area (Å²) in [6, 6.07) is 2.62. The normalized spacial score (nSPS) is 11.4. The van der Waals surface area contributed by atoms with Crippen molar-refractivity contribution >= 4 is 22.2 Å². The van der Waals surface area contributed by atoms with E-state index in [4.69, 9.17) is 0 Å². The molecule has 0 aliphatic carbocycles. The fourth-order valence-electron chi connectivity index (χ4n) is 0.772. The van der Waals surface area contributed by atoms with Crippen molar-refractivity contribution in [3.8, 4) is 0 Å². The van der Waals surface area contributed by atoms with Crippen LogP contribution in [0.2, 0.25) is 0 Å². The van der Waals surface area contributed by atoms with Gasteiger partial charge in [-0.15, -0.1) is 0 Å². The second-order valence-corrected chi connectivity index (χ2v) is 3.22. The van der Waals surface area contributed by atoms with Gasteiger partial charge >= 0.3 is 5.92 Å².